The van der Waals surface area contributed by atoms with Crippen molar-refractivity contribution < 1.29 is 4.79 Å². The fourth-order valence-electron chi connectivity index (χ4n) is 1.73. The molecule has 17 heavy (non-hydrogen) atoms. The molecule has 0 saturated carbocycles. The summed E-state index contributed by atoms with van der Waals surface area (Å²) in [6.45, 7) is 5.80. The van der Waals surface area contributed by atoms with Gasteiger partial charge in [-0.15, -0.1) is 24.8 Å². The van der Waals surface area contributed by atoms with Gasteiger partial charge in [0, 0.05) is 13.1 Å². The average Bonchev–Trinajstić information content (AvgIpc) is 2.29. The minimum atomic E-state index is 0. The number of likely N-dealkylation sites (N-methyl/N-ethyl adjacent to an activating group) is 1. The fourth-order valence-corrected chi connectivity index (χ4v) is 1.73. The van der Waals surface area contributed by atoms with Gasteiger partial charge < -0.3 is 15.5 Å². The van der Waals surface area contributed by atoms with Crippen LogP contribution in [0.15, 0.2) is 0 Å². The third kappa shape index (κ3) is 7.82. The summed E-state index contributed by atoms with van der Waals surface area (Å²) in [6.07, 6.45) is 3.34. The van der Waals surface area contributed by atoms with Crippen molar-refractivity contribution in [2.75, 3.05) is 33.2 Å². The average molecular weight is 286 g/mol. The molecule has 0 unspecified atom stereocenters. The second-order valence-corrected chi connectivity index (χ2v) is 4.19. The van der Waals surface area contributed by atoms with E-state index in [1.807, 2.05) is 0 Å². The number of nitrogens with zero attached hydrogens (tertiary/aromatic N) is 1. The van der Waals surface area contributed by atoms with Crippen LogP contribution in [-0.4, -0.2) is 50.1 Å². The molecule has 2 N–H and O–H groups in total. The highest BCUT2D eigenvalue weighted by atomic mass is 35.5. The maximum atomic E-state index is 11.7. The molecule has 1 aliphatic rings. The van der Waals surface area contributed by atoms with Crippen molar-refractivity contribution in [1.82, 2.24) is 15.5 Å². The molecule has 0 aliphatic carbocycles. The van der Waals surface area contributed by atoms with E-state index in [0.29, 0.717) is 0 Å². The van der Waals surface area contributed by atoms with Crippen molar-refractivity contribution in [3.05, 3.63) is 0 Å². The van der Waals surface area contributed by atoms with Gasteiger partial charge in [0.05, 0.1) is 6.04 Å². The fraction of sp³-hybridized carbons (Fsp3) is 0.909. The van der Waals surface area contributed by atoms with Crippen LogP contribution in [0.5, 0.6) is 0 Å². The predicted molar refractivity (Wildman–Crippen MR) is 76.3 cm³/mol. The monoisotopic (exact) mass is 285 g/mol. The number of rotatable bonds is 5. The molecule has 1 rings (SSSR count). The SMILES string of the molecule is CCN(C)CCNC(=O)[C@H]1CCCCN1.Cl.Cl. The lowest BCUT2D eigenvalue weighted by atomic mass is 10.0. The topological polar surface area (TPSA) is 44.4 Å². The van der Waals surface area contributed by atoms with Crippen LogP contribution in [0.2, 0.25) is 0 Å². The predicted octanol–water partition coefficient (Wildman–Crippen LogP) is 1.04. The maximum absolute atomic E-state index is 11.7. The standard InChI is InChI=1S/C11H23N3O.2ClH/c1-3-14(2)9-8-13-11(15)10-6-4-5-7-12-10;;/h10,12H,3-9H2,1-2H3,(H,13,15);2*1H/t10-;;/m1../s1. The summed E-state index contributed by atoms with van der Waals surface area (Å²) in [5.74, 6) is 0.166. The first-order valence-corrected chi connectivity index (χ1v) is 5.93. The van der Waals surface area contributed by atoms with Crippen LogP contribution in [0.1, 0.15) is 26.2 Å². The number of nitrogens with one attached hydrogen (secondary N) is 2. The van der Waals surface area contributed by atoms with Crippen LogP contribution < -0.4 is 10.6 Å². The Morgan fingerprint density at radius 2 is 2.12 bits per heavy atom. The second kappa shape index (κ2) is 11.1. The zero-order valence-electron chi connectivity index (χ0n) is 10.7. The first kappa shape index (κ1) is 19.3. The molecule has 1 aliphatic heterocycles. The van der Waals surface area contributed by atoms with E-state index in [-0.39, 0.29) is 36.8 Å². The van der Waals surface area contributed by atoms with Crippen molar-refractivity contribution in [3.63, 3.8) is 0 Å². The molecular weight excluding hydrogens is 261 g/mol. The van der Waals surface area contributed by atoms with Gasteiger partial charge in [-0.25, -0.2) is 0 Å². The molecule has 1 amide bonds. The zero-order valence-corrected chi connectivity index (χ0v) is 12.3. The quantitative estimate of drug-likeness (QED) is 0.794. The summed E-state index contributed by atoms with van der Waals surface area (Å²) in [5.41, 5.74) is 0. The molecule has 1 atom stereocenters. The van der Waals surface area contributed by atoms with Gasteiger partial charge in [0.2, 0.25) is 5.91 Å². The highest BCUT2D eigenvalue weighted by molar-refractivity contribution is 5.85. The second-order valence-electron chi connectivity index (χ2n) is 4.19. The number of piperidine rings is 1. The van der Waals surface area contributed by atoms with Gasteiger partial charge in [-0.1, -0.05) is 13.3 Å². The van der Waals surface area contributed by atoms with Crippen LogP contribution >= 0.6 is 24.8 Å². The van der Waals surface area contributed by atoms with Crippen molar-refractivity contribution >= 4 is 30.7 Å². The number of amides is 1. The molecule has 1 saturated heterocycles. The van der Waals surface area contributed by atoms with Crippen LogP contribution in [0, 0.1) is 0 Å². The van der Waals surface area contributed by atoms with Crippen molar-refractivity contribution in [2.45, 2.75) is 32.2 Å². The molecule has 6 heteroatoms. The largest absolute Gasteiger partial charge is 0.353 e. The van der Waals surface area contributed by atoms with Crippen LogP contribution in [0.3, 0.4) is 0 Å². The number of hydrogen-bond donors (Lipinski definition) is 2. The highest BCUT2D eigenvalue weighted by Gasteiger charge is 2.19. The van der Waals surface area contributed by atoms with Crippen LogP contribution in [-0.2, 0) is 4.79 Å². The Labute approximate surface area is 117 Å². The Balaban J connectivity index is 0. The smallest absolute Gasteiger partial charge is 0.237 e. The van der Waals surface area contributed by atoms with Gasteiger partial charge in [-0.05, 0) is 33.0 Å². The van der Waals surface area contributed by atoms with Gasteiger partial charge >= 0.3 is 0 Å². The van der Waals surface area contributed by atoms with E-state index >= 15 is 0 Å². The van der Waals surface area contributed by atoms with Gasteiger partial charge in [-0.2, -0.15) is 0 Å². The van der Waals surface area contributed by atoms with Crippen molar-refractivity contribution in [2.24, 2.45) is 0 Å². The number of carbonyl (C=O) groups excluding carboxylic acids is 1. The van der Waals surface area contributed by atoms with Crippen molar-refractivity contribution in [3.8, 4) is 0 Å². The lowest BCUT2D eigenvalue weighted by Crippen LogP contribution is -2.47. The molecule has 0 aromatic carbocycles. The summed E-state index contributed by atoms with van der Waals surface area (Å²) < 4.78 is 0. The number of hydrogen-bond acceptors (Lipinski definition) is 3. The van der Waals surface area contributed by atoms with E-state index in [9.17, 15) is 4.79 Å². The third-order valence-corrected chi connectivity index (χ3v) is 2.96. The Kier molecular flexibility index (Phi) is 12.6. The number of carbonyl (C=O) groups is 1. The van der Waals surface area contributed by atoms with Crippen LogP contribution in [0.4, 0.5) is 0 Å². The summed E-state index contributed by atoms with van der Waals surface area (Å²) in [4.78, 5) is 13.9. The first-order chi connectivity index (χ1) is 7.24. The van der Waals surface area contributed by atoms with Gasteiger partial charge in [0.15, 0.2) is 0 Å². The summed E-state index contributed by atoms with van der Waals surface area (Å²) in [6, 6.07) is 0.0469. The summed E-state index contributed by atoms with van der Waals surface area (Å²) >= 11 is 0. The van der Waals surface area contributed by atoms with E-state index in [4.69, 9.17) is 0 Å². The summed E-state index contributed by atoms with van der Waals surface area (Å²) in [5, 5.41) is 6.22. The summed E-state index contributed by atoms with van der Waals surface area (Å²) in [7, 11) is 2.06. The normalized spacial score (nSPS) is 19.1. The van der Waals surface area contributed by atoms with E-state index < -0.39 is 0 Å². The molecule has 4 nitrogen and oxygen atoms in total. The van der Waals surface area contributed by atoms with Crippen molar-refractivity contribution in [1.29, 1.82) is 0 Å². The minimum absolute atomic E-state index is 0. The molecule has 0 aromatic rings. The van der Waals surface area contributed by atoms with Gasteiger partial charge in [0.25, 0.3) is 0 Å². The molecule has 0 bridgehead atoms. The van der Waals surface area contributed by atoms with E-state index in [1.165, 1.54) is 12.8 Å². The molecule has 104 valence electrons. The molecule has 1 fully saturated rings. The van der Waals surface area contributed by atoms with E-state index in [0.717, 1.165) is 32.6 Å². The Bertz CT molecular complexity index is 199. The Morgan fingerprint density at radius 1 is 1.41 bits per heavy atom. The maximum Gasteiger partial charge on any atom is 0.237 e. The lowest BCUT2D eigenvalue weighted by molar-refractivity contribution is -0.123. The molecule has 0 aromatic heterocycles. The highest BCUT2D eigenvalue weighted by Crippen LogP contribution is 2.06. The van der Waals surface area contributed by atoms with E-state index in [1.54, 1.807) is 0 Å². The lowest BCUT2D eigenvalue weighted by Gasteiger charge is -2.23. The molecule has 0 spiro atoms. The van der Waals surface area contributed by atoms with E-state index in [2.05, 4.69) is 29.5 Å². The van der Waals surface area contributed by atoms with Crippen LogP contribution in [0.25, 0.3) is 0 Å². The molecule has 1 heterocycles. The Morgan fingerprint density at radius 3 is 2.65 bits per heavy atom. The zero-order chi connectivity index (χ0) is 11.1. The number of halogens is 2. The molecular formula is C11H25Cl2N3O. The first-order valence-electron chi connectivity index (χ1n) is 5.93. The van der Waals surface area contributed by atoms with Gasteiger partial charge in [0.1, 0.15) is 0 Å². The van der Waals surface area contributed by atoms with Gasteiger partial charge in [-0.3, -0.25) is 4.79 Å². The molecule has 0 radical (unpaired) electrons. The third-order valence-electron chi connectivity index (χ3n) is 2.96. The minimum Gasteiger partial charge on any atom is -0.353 e. The Hall–Kier alpha value is -0.0300.